The highest BCUT2D eigenvalue weighted by Gasteiger charge is 2.22. The van der Waals surface area contributed by atoms with Crippen molar-refractivity contribution in [1.29, 1.82) is 0 Å². The lowest BCUT2D eigenvalue weighted by Gasteiger charge is -2.35. The molecule has 4 rings (SSSR count). The molecule has 0 atom stereocenters. The second kappa shape index (κ2) is 8.13. The molecule has 1 aromatic heterocycles. The van der Waals surface area contributed by atoms with Crippen LogP contribution in [-0.4, -0.2) is 40.6 Å². The first-order valence-electron chi connectivity index (χ1n) is 10.1. The van der Waals surface area contributed by atoms with Crippen LogP contribution in [0.4, 0.5) is 5.82 Å². The van der Waals surface area contributed by atoms with E-state index in [-0.39, 0.29) is 17.3 Å². The highest BCUT2D eigenvalue weighted by molar-refractivity contribution is 5.37. The van der Waals surface area contributed by atoms with Gasteiger partial charge in [-0.05, 0) is 18.4 Å². The molecule has 144 valence electrons. The van der Waals surface area contributed by atoms with Crippen molar-refractivity contribution >= 4 is 5.82 Å². The number of anilines is 1. The molecule has 1 aliphatic carbocycles. The maximum absolute atomic E-state index is 12.6. The molecule has 6 nitrogen and oxygen atoms in total. The quantitative estimate of drug-likeness (QED) is 0.900. The zero-order valence-corrected chi connectivity index (χ0v) is 15.8. The summed E-state index contributed by atoms with van der Waals surface area (Å²) in [6, 6.07) is 12.1. The summed E-state index contributed by atoms with van der Waals surface area (Å²) in [5, 5.41) is 0. The van der Waals surface area contributed by atoms with Gasteiger partial charge in [-0.25, -0.2) is 4.79 Å². The fourth-order valence-electron chi connectivity index (χ4n) is 4.34. The van der Waals surface area contributed by atoms with E-state index < -0.39 is 0 Å². The number of rotatable bonds is 4. The molecule has 0 radical (unpaired) electrons. The Labute approximate surface area is 159 Å². The number of nitrogens with one attached hydrogen (secondary N) is 1. The molecule has 0 bridgehead atoms. The van der Waals surface area contributed by atoms with E-state index in [1.165, 1.54) is 16.6 Å². The number of hydrogen-bond acceptors (Lipinski definition) is 4. The van der Waals surface area contributed by atoms with E-state index in [0.717, 1.165) is 58.4 Å². The van der Waals surface area contributed by atoms with Crippen LogP contribution in [0.25, 0.3) is 0 Å². The fraction of sp³-hybridized carbons (Fsp3) is 0.524. The first-order chi connectivity index (χ1) is 13.2. The average Bonchev–Trinajstić information content (AvgIpc) is 2.70. The zero-order valence-electron chi connectivity index (χ0n) is 15.8. The predicted octanol–water partition coefficient (Wildman–Crippen LogP) is 2.36. The minimum atomic E-state index is -0.254. The van der Waals surface area contributed by atoms with Crippen LogP contribution in [0.5, 0.6) is 0 Å². The van der Waals surface area contributed by atoms with Gasteiger partial charge in [0.05, 0.1) is 0 Å². The number of H-pyrrole nitrogens is 1. The van der Waals surface area contributed by atoms with Crippen LogP contribution >= 0.6 is 0 Å². The van der Waals surface area contributed by atoms with Gasteiger partial charge in [0.25, 0.3) is 5.56 Å². The van der Waals surface area contributed by atoms with Gasteiger partial charge in [0.2, 0.25) is 0 Å². The standard InChI is InChI=1S/C21H28N4O2/c26-20-15-19(22-21(27)25(20)18-9-5-2-6-10-18)24-13-11-23(12-14-24)16-17-7-3-1-4-8-17/h1,3-4,7-8,15,18H,2,5-6,9-14,16H2,(H,22,27). The summed E-state index contributed by atoms with van der Waals surface area (Å²) in [7, 11) is 0. The largest absolute Gasteiger partial charge is 0.355 e. The number of piperazine rings is 1. The SMILES string of the molecule is O=c1cc(N2CCN(Cc3ccccc3)CC2)[nH]c(=O)n1C1CCCCC1. The molecule has 2 heterocycles. The first-order valence-corrected chi connectivity index (χ1v) is 10.1. The number of hydrogen-bond donors (Lipinski definition) is 1. The van der Waals surface area contributed by atoms with Crippen LogP contribution in [0.3, 0.4) is 0 Å². The lowest BCUT2D eigenvalue weighted by Crippen LogP contribution is -2.48. The fourth-order valence-corrected chi connectivity index (χ4v) is 4.34. The summed E-state index contributed by atoms with van der Waals surface area (Å²) in [5.41, 5.74) is 0.901. The molecule has 6 heteroatoms. The van der Waals surface area contributed by atoms with Crippen molar-refractivity contribution in [3.05, 3.63) is 62.8 Å². The van der Waals surface area contributed by atoms with Crippen molar-refractivity contribution in [3.8, 4) is 0 Å². The van der Waals surface area contributed by atoms with Crippen LogP contribution in [0, 0.1) is 0 Å². The van der Waals surface area contributed by atoms with Gasteiger partial charge in [-0.2, -0.15) is 0 Å². The van der Waals surface area contributed by atoms with Crippen molar-refractivity contribution in [2.45, 2.75) is 44.7 Å². The second-order valence-corrected chi connectivity index (χ2v) is 7.71. The van der Waals surface area contributed by atoms with E-state index in [4.69, 9.17) is 0 Å². The second-order valence-electron chi connectivity index (χ2n) is 7.71. The van der Waals surface area contributed by atoms with Crippen molar-refractivity contribution in [2.24, 2.45) is 0 Å². The average molecular weight is 368 g/mol. The van der Waals surface area contributed by atoms with E-state index in [2.05, 4.69) is 39.0 Å². The molecule has 2 aliphatic rings. The van der Waals surface area contributed by atoms with Crippen molar-refractivity contribution < 1.29 is 0 Å². The Morgan fingerprint density at radius 2 is 1.63 bits per heavy atom. The van der Waals surface area contributed by atoms with Crippen LogP contribution in [0.15, 0.2) is 46.0 Å². The Balaban J connectivity index is 1.42. The molecule has 1 N–H and O–H groups in total. The summed E-state index contributed by atoms with van der Waals surface area (Å²) < 4.78 is 1.44. The Morgan fingerprint density at radius 3 is 2.30 bits per heavy atom. The van der Waals surface area contributed by atoms with E-state index in [9.17, 15) is 9.59 Å². The van der Waals surface area contributed by atoms with Gasteiger partial charge in [0.15, 0.2) is 0 Å². The van der Waals surface area contributed by atoms with Gasteiger partial charge in [0, 0.05) is 44.8 Å². The van der Waals surface area contributed by atoms with Gasteiger partial charge < -0.3 is 4.90 Å². The lowest BCUT2D eigenvalue weighted by molar-refractivity contribution is 0.249. The molecular weight excluding hydrogens is 340 g/mol. The normalized spacial score (nSPS) is 19.3. The molecule has 2 fully saturated rings. The van der Waals surface area contributed by atoms with Crippen LogP contribution < -0.4 is 16.1 Å². The molecule has 1 aromatic carbocycles. The molecule has 1 aliphatic heterocycles. The maximum atomic E-state index is 12.6. The molecule has 0 spiro atoms. The number of nitrogens with zero attached hydrogens (tertiary/aromatic N) is 3. The van der Waals surface area contributed by atoms with E-state index in [1.807, 2.05) is 6.07 Å². The van der Waals surface area contributed by atoms with E-state index in [1.54, 1.807) is 6.07 Å². The third kappa shape index (κ3) is 4.16. The Kier molecular flexibility index (Phi) is 5.43. The third-order valence-electron chi connectivity index (χ3n) is 5.85. The lowest BCUT2D eigenvalue weighted by atomic mass is 9.95. The smallest absolute Gasteiger partial charge is 0.330 e. The van der Waals surface area contributed by atoms with Crippen molar-refractivity contribution in [1.82, 2.24) is 14.5 Å². The number of benzene rings is 1. The van der Waals surface area contributed by atoms with Crippen molar-refractivity contribution in [2.75, 3.05) is 31.1 Å². The number of aromatic amines is 1. The molecule has 1 saturated heterocycles. The highest BCUT2D eigenvalue weighted by atomic mass is 16.2. The van der Waals surface area contributed by atoms with Gasteiger partial charge in [0.1, 0.15) is 5.82 Å². The Morgan fingerprint density at radius 1 is 0.926 bits per heavy atom. The van der Waals surface area contributed by atoms with Gasteiger partial charge >= 0.3 is 5.69 Å². The summed E-state index contributed by atoms with van der Waals surface area (Å²) >= 11 is 0. The van der Waals surface area contributed by atoms with Crippen LogP contribution in [0.1, 0.15) is 43.7 Å². The van der Waals surface area contributed by atoms with Crippen molar-refractivity contribution in [3.63, 3.8) is 0 Å². The molecule has 1 saturated carbocycles. The Hall–Kier alpha value is -2.34. The predicted molar refractivity (Wildman–Crippen MR) is 107 cm³/mol. The minimum absolute atomic E-state index is 0.0618. The topological polar surface area (TPSA) is 61.3 Å². The third-order valence-corrected chi connectivity index (χ3v) is 5.85. The summed E-state index contributed by atoms with van der Waals surface area (Å²) in [4.78, 5) is 32.7. The molecule has 0 unspecified atom stereocenters. The van der Waals surface area contributed by atoms with E-state index in [0.29, 0.717) is 5.82 Å². The number of aromatic nitrogens is 2. The summed E-state index contributed by atoms with van der Waals surface area (Å²) in [5.74, 6) is 0.663. The first kappa shape index (κ1) is 18.0. The van der Waals surface area contributed by atoms with E-state index >= 15 is 0 Å². The monoisotopic (exact) mass is 368 g/mol. The minimum Gasteiger partial charge on any atom is -0.355 e. The van der Waals surface area contributed by atoms with Gasteiger partial charge in [-0.15, -0.1) is 0 Å². The van der Waals surface area contributed by atoms with Gasteiger partial charge in [-0.3, -0.25) is 19.2 Å². The Bertz CT molecular complexity index is 828. The van der Waals surface area contributed by atoms with Crippen LogP contribution in [0.2, 0.25) is 0 Å². The molecule has 27 heavy (non-hydrogen) atoms. The summed E-state index contributed by atoms with van der Waals surface area (Å²) in [6.45, 7) is 4.41. The highest BCUT2D eigenvalue weighted by Crippen LogP contribution is 2.26. The maximum Gasteiger partial charge on any atom is 0.330 e. The van der Waals surface area contributed by atoms with Crippen LogP contribution in [-0.2, 0) is 6.54 Å². The molecular formula is C21H28N4O2. The summed E-state index contributed by atoms with van der Waals surface area (Å²) in [6.07, 6.45) is 5.26. The zero-order chi connectivity index (χ0) is 18.6. The molecule has 2 aromatic rings. The van der Waals surface area contributed by atoms with Gasteiger partial charge in [-0.1, -0.05) is 49.6 Å². The molecule has 0 amide bonds.